The first kappa shape index (κ1) is 14.2. The number of piperidine rings is 1. The summed E-state index contributed by atoms with van der Waals surface area (Å²) in [6.45, 7) is 6.25. The standard InChI is InChI=1S/C12H25ClN2O/c1-14(2)11-12-3-6-15(7-4-12)8-10-16-9-5-13/h12H,3-11H2,1-2H3. The molecule has 0 radical (unpaired) electrons. The average Bonchev–Trinajstić information content (AvgIpc) is 2.26. The van der Waals surface area contributed by atoms with Crippen molar-refractivity contribution in [3.8, 4) is 0 Å². The number of likely N-dealkylation sites (tertiary alicyclic amines) is 1. The molecule has 1 aliphatic heterocycles. The summed E-state index contributed by atoms with van der Waals surface area (Å²) in [5.74, 6) is 1.49. The molecule has 3 nitrogen and oxygen atoms in total. The number of ether oxygens (including phenoxy) is 1. The van der Waals surface area contributed by atoms with Gasteiger partial charge in [0.1, 0.15) is 0 Å². The van der Waals surface area contributed by atoms with Crippen LogP contribution in [0.4, 0.5) is 0 Å². The molecule has 0 spiro atoms. The van der Waals surface area contributed by atoms with E-state index in [4.69, 9.17) is 16.3 Å². The van der Waals surface area contributed by atoms with Gasteiger partial charge in [-0.2, -0.15) is 0 Å². The fraction of sp³-hybridized carbons (Fsp3) is 1.00. The van der Waals surface area contributed by atoms with Crippen LogP contribution in [0.15, 0.2) is 0 Å². The second kappa shape index (κ2) is 8.29. The topological polar surface area (TPSA) is 15.7 Å². The molecule has 0 unspecified atom stereocenters. The minimum absolute atomic E-state index is 0.602. The molecule has 0 N–H and O–H groups in total. The van der Waals surface area contributed by atoms with Crippen LogP contribution in [-0.4, -0.2) is 69.2 Å². The van der Waals surface area contributed by atoms with Crippen molar-refractivity contribution in [3.63, 3.8) is 0 Å². The molecule has 1 saturated heterocycles. The lowest BCUT2D eigenvalue weighted by molar-refractivity contribution is 0.0926. The highest BCUT2D eigenvalue weighted by molar-refractivity contribution is 6.17. The van der Waals surface area contributed by atoms with E-state index < -0.39 is 0 Å². The Balaban J connectivity index is 2.03. The van der Waals surface area contributed by atoms with E-state index in [-0.39, 0.29) is 0 Å². The molecule has 1 aliphatic rings. The van der Waals surface area contributed by atoms with Crippen LogP contribution in [0, 0.1) is 5.92 Å². The van der Waals surface area contributed by atoms with E-state index >= 15 is 0 Å². The van der Waals surface area contributed by atoms with Crippen LogP contribution >= 0.6 is 11.6 Å². The Morgan fingerprint density at radius 2 is 1.94 bits per heavy atom. The molecule has 16 heavy (non-hydrogen) atoms. The first-order valence-corrected chi connectivity index (χ1v) is 6.76. The van der Waals surface area contributed by atoms with Crippen LogP contribution < -0.4 is 0 Å². The zero-order valence-electron chi connectivity index (χ0n) is 10.6. The Hall–Kier alpha value is 0.170. The number of alkyl halides is 1. The number of hydrogen-bond acceptors (Lipinski definition) is 3. The zero-order valence-corrected chi connectivity index (χ0v) is 11.4. The van der Waals surface area contributed by atoms with Gasteiger partial charge in [-0.1, -0.05) is 0 Å². The predicted molar refractivity (Wildman–Crippen MR) is 69.3 cm³/mol. The SMILES string of the molecule is CN(C)CC1CCN(CCOCCCl)CC1. The molecular formula is C12H25ClN2O. The Morgan fingerprint density at radius 1 is 1.25 bits per heavy atom. The van der Waals surface area contributed by atoms with Crippen molar-refractivity contribution in [1.82, 2.24) is 9.80 Å². The van der Waals surface area contributed by atoms with E-state index in [1.165, 1.54) is 32.5 Å². The molecule has 0 amide bonds. The van der Waals surface area contributed by atoms with Crippen molar-refractivity contribution in [2.75, 3.05) is 59.4 Å². The smallest absolute Gasteiger partial charge is 0.0602 e. The van der Waals surface area contributed by atoms with E-state index in [1.807, 2.05) is 0 Å². The summed E-state index contributed by atoms with van der Waals surface area (Å²) in [7, 11) is 4.32. The molecule has 0 atom stereocenters. The molecule has 0 aromatic carbocycles. The van der Waals surface area contributed by atoms with Crippen molar-refractivity contribution < 1.29 is 4.74 Å². The van der Waals surface area contributed by atoms with E-state index in [1.54, 1.807) is 0 Å². The molecule has 0 bridgehead atoms. The maximum Gasteiger partial charge on any atom is 0.0602 e. The Morgan fingerprint density at radius 3 is 2.50 bits per heavy atom. The van der Waals surface area contributed by atoms with Gasteiger partial charge in [-0.25, -0.2) is 0 Å². The molecule has 0 aromatic heterocycles. The largest absolute Gasteiger partial charge is 0.379 e. The van der Waals surface area contributed by atoms with Gasteiger partial charge in [0.2, 0.25) is 0 Å². The van der Waals surface area contributed by atoms with Crippen molar-refractivity contribution in [3.05, 3.63) is 0 Å². The van der Waals surface area contributed by atoms with Gasteiger partial charge in [0.05, 0.1) is 13.2 Å². The quantitative estimate of drug-likeness (QED) is 0.502. The van der Waals surface area contributed by atoms with Gasteiger partial charge in [0, 0.05) is 19.0 Å². The van der Waals surface area contributed by atoms with Crippen LogP contribution in [0.1, 0.15) is 12.8 Å². The van der Waals surface area contributed by atoms with Crippen molar-refractivity contribution in [2.45, 2.75) is 12.8 Å². The average molecular weight is 249 g/mol. The molecule has 0 saturated carbocycles. The maximum atomic E-state index is 5.55. The van der Waals surface area contributed by atoms with E-state index in [2.05, 4.69) is 23.9 Å². The second-order valence-electron chi connectivity index (χ2n) is 4.85. The molecular weight excluding hydrogens is 224 g/mol. The van der Waals surface area contributed by atoms with E-state index in [0.29, 0.717) is 12.5 Å². The zero-order chi connectivity index (χ0) is 11.8. The summed E-state index contributed by atoms with van der Waals surface area (Å²) in [4.78, 5) is 4.80. The van der Waals surface area contributed by atoms with Crippen molar-refractivity contribution in [1.29, 1.82) is 0 Å². The van der Waals surface area contributed by atoms with Crippen LogP contribution in [-0.2, 0) is 4.74 Å². The third-order valence-electron chi connectivity index (χ3n) is 3.10. The van der Waals surface area contributed by atoms with Gasteiger partial charge < -0.3 is 14.5 Å². The highest BCUT2D eigenvalue weighted by Crippen LogP contribution is 2.17. The fourth-order valence-corrected chi connectivity index (χ4v) is 2.37. The predicted octanol–water partition coefficient (Wildman–Crippen LogP) is 1.52. The third kappa shape index (κ3) is 6.04. The maximum absolute atomic E-state index is 5.55. The lowest BCUT2D eigenvalue weighted by atomic mass is 9.96. The number of hydrogen-bond donors (Lipinski definition) is 0. The Labute approximate surface area is 105 Å². The fourth-order valence-electron chi connectivity index (χ4n) is 2.26. The summed E-state index contributed by atoms with van der Waals surface area (Å²) in [5, 5.41) is 0. The Bertz CT molecular complexity index is 170. The van der Waals surface area contributed by atoms with Crippen molar-refractivity contribution >= 4 is 11.6 Å². The summed E-state index contributed by atoms with van der Waals surface area (Å²) in [6, 6.07) is 0. The third-order valence-corrected chi connectivity index (χ3v) is 3.26. The summed E-state index contributed by atoms with van der Waals surface area (Å²) in [6.07, 6.45) is 2.65. The first-order valence-electron chi connectivity index (χ1n) is 6.23. The lowest BCUT2D eigenvalue weighted by Crippen LogP contribution is -2.38. The summed E-state index contributed by atoms with van der Waals surface area (Å²) in [5.41, 5.74) is 0. The molecule has 0 aromatic rings. The molecule has 1 heterocycles. The van der Waals surface area contributed by atoms with Gasteiger partial charge in [-0.05, 0) is 45.9 Å². The van der Waals surface area contributed by atoms with Gasteiger partial charge in [0.15, 0.2) is 0 Å². The Kier molecular flexibility index (Phi) is 7.37. The van der Waals surface area contributed by atoms with Crippen LogP contribution in [0.2, 0.25) is 0 Å². The molecule has 0 aliphatic carbocycles. The van der Waals surface area contributed by atoms with Crippen LogP contribution in [0.5, 0.6) is 0 Å². The van der Waals surface area contributed by atoms with E-state index in [9.17, 15) is 0 Å². The summed E-state index contributed by atoms with van der Waals surface area (Å²) >= 11 is 5.55. The van der Waals surface area contributed by atoms with Crippen LogP contribution in [0.3, 0.4) is 0 Å². The molecule has 1 fully saturated rings. The summed E-state index contributed by atoms with van der Waals surface area (Å²) < 4.78 is 5.40. The van der Waals surface area contributed by atoms with Gasteiger partial charge in [-0.15, -0.1) is 11.6 Å². The van der Waals surface area contributed by atoms with Gasteiger partial charge in [-0.3, -0.25) is 0 Å². The monoisotopic (exact) mass is 248 g/mol. The lowest BCUT2D eigenvalue weighted by Gasteiger charge is -2.33. The first-order chi connectivity index (χ1) is 7.72. The van der Waals surface area contributed by atoms with E-state index in [0.717, 1.165) is 19.1 Å². The highest BCUT2D eigenvalue weighted by Gasteiger charge is 2.18. The minimum atomic E-state index is 0.602. The number of rotatable bonds is 7. The minimum Gasteiger partial charge on any atom is -0.379 e. The number of halogens is 1. The number of nitrogens with zero attached hydrogens (tertiary/aromatic N) is 2. The second-order valence-corrected chi connectivity index (χ2v) is 5.23. The van der Waals surface area contributed by atoms with Gasteiger partial charge in [0.25, 0.3) is 0 Å². The van der Waals surface area contributed by atoms with Gasteiger partial charge >= 0.3 is 0 Å². The molecule has 1 rings (SSSR count). The molecule has 96 valence electrons. The normalized spacial score (nSPS) is 19.5. The highest BCUT2D eigenvalue weighted by atomic mass is 35.5. The molecule has 4 heteroatoms. The van der Waals surface area contributed by atoms with Crippen molar-refractivity contribution in [2.24, 2.45) is 5.92 Å². The van der Waals surface area contributed by atoms with Crippen LogP contribution in [0.25, 0.3) is 0 Å².